The van der Waals surface area contributed by atoms with Crippen LogP contribution in [0.4, 0.5) is 0 Å². The Morgan fingerprint density at radius 2 is 1.79 bits per heavy atom. The minimum atomic E-state index is 0.0528. The molecule has 1 aromatic carbocycles. The van der Waals surface area contributed by atoms with Gasteiger partial charge >= 0.3 is 0 Å². The first-order valence-electron chi connectivity index (χ1n) is 6.64. The standard InChI is InChI=1S/C15H24Cl2N2/c1-6-15(2,19(4)5)14(18-3)10-11-12(16)8-7-9-13(11)17/h7-9,14,18H,6,10H2,1-5H3. The summed E-state index contributed by atoms with van der Waals surface area (Å²) in [5, 5.41) is 4.90. The summed E-state index contributed by atoms with van der Waals surface area (Å²) in [5.41, 5.74) is 1.07. The average molecular weight is 303 g/mol. The maximum atomic E-state index is 6.28. The maximum Gasteiger partial charge on any atom is 0.0453 e. The van der Waals surface area contributed by atoms with E-state index in [9.17, 15) is 0 Å². The number of halogens is 2. The highest BCUT2D eigenvalue weighted by Crippen LogP contribution is 2.30. The van der Waals surface area contributed by atoms with Crippen LogP contribution in [0.2, 0.25) is 10.0 Å². The third-order valence-corrected chi connectivity index (χ3v) is 5.01. The van der Waals surface area contributed by atoms with E-state index in [1.807, 2.05) is 25.2 Å². The molecule has 0 fully saturated rings. The van der Waals surface area contributed by atoms with E-state index in [4.69, 9.17) is 23.2 Å². The highest BCUT2D eigenvalue weighted by molar-refractivity contribution is 6.36. The molecule has 1 aromatic rings. The summed E-state index contributed by atoms with van der Waals surface area (Å²) in [4.78, 5) is 2.26. The molecule has 0 aliphatic rings. The van der Waals surface area contributed by atoms with Crippen molar-refractivity contribution in [1.29, 1.82) is 0 Å². The molecule has 108 valence electrons. The van der Waals surface area contributed by atoms with Crippen molar-refractivity contribution in [1.82, 2.24) is 10.2 Å². The number of hydrogen-bond donors (Lipinski definition) is 1. The van der Waals surface area contributed by atoms with Gasteiger partial charge < -0.3 is 10.2 Å². The minimum Gasteiger partial charge on any atom is -0.315 e. The number of likely N-dealkylation sites (N-methyl/N-ethyl adjacent to an activating group) is 2. The second kappa shape index (κ2) is 6.94. The highest BCUT2D eigenvalue weighted by atomic mass is 35.5. The van der Waals surface area contributed by atoms with E-state index in [1.54, 1.807) is 0 Å². The monoisotopic (exact) mass is 302 g/mol. The van der Waals surface area contributed by atoms with Crippen LogP contribution in [0.1, 0.15) is 25.8 Å². The summed E-state index contributed by atoms with van der Waals surface area (Å²) < 4.78 is 0. The second-order valence-electron chi connectivity index (χ2n) is 5.35. The van der Waals surface area contributed by atoms with E-state index >= 15 is 0 Å². The van der Waals surface area contributed by atoms with Gasteiger partial charge in [-0.3, -0.25) is 0 Å². The Morgan fingerprint density at radius 1 is 1.26 bits per heavy atom. The zero-order valence-electron chi connectivity index (χ0n) is 12.4. The van der Waals surface area contributed by atoms with Gasteiger partial charge in [0, 0.05) is 21.6 Å². The molecule has 0 aliphatic carbocycles. The molecule has 2 atom stereocenters. The van der Waals surface area contributed by atoms with E-state index in [2.05, 4.69) is 38.2 Å². The Kier molecular flexibility index (Phi) is 6.13. The van der Waals surface area contributed by atoms with Gasteiger partial charge in [-0.1, -0.05) is 36.2 Å². The summed E-state index contributed by atoms with van der Waals surface area (Å²) in [5.74, 6) is 0. The first-order chi connectivity index (χ1) is 8.86. The predicted molar refractivity (Wildman–Crippen MR) is 85.4 cm³/mol. The van der Waals surface area contributed by atoms with E-state index < -0.39 is 0 Å². The maximum absolute atomic E-state index is 6.28. The Hall–Kier alpha value is -0.280. The molecule has 0 spiro atoms. The number of nitrogens with one attached hydrogen (secondary N) is 1. The zero-order valence-corrected chi connectivity index (χ0v) is 13.9. The zero-order chi connectivity index (χ0) is 14.6. The van der Waals surface area contributed by atoms with Crippen molar-refractivity contribution in [2.24, 2.45) is 0 Å². The molecular formula is C15H24Cl2N2. The van der Waals surface area contributed by atoms with Crippen molar-refractivity contribution in [3.8, 4) is 0 Å². The highest BCUT2D eigenvalue weighted by Gasteiger charge is 2.34. The van der Waals surface area contributed by atoms with Crippen LogP contribution in [0, 0.1) is 0 Å². The van der Waals surface area contributed by atoms with Gasteiger partial charge in [0.1, 0.15) is 0 Å². The van der Waals surface area contributed by atoms with Gasteiger partial charge in [0.25, 0.3) is 0 Å². The minimum absolute atomic E-state index is 0.0528. The molecule has 0 radical (unpaired) electrons. The average Bonchev–Trinajstić information content (AvgIpc) is 2.37. The number of hydrogen-bond acceptors (Lipinski definition) is 2. The smallest absolute Gasteiger partial charge is 0.0453 e. The van der Waals surface area contributed by atoms with Crippen LogP contribution < -0.4 is 5.32 Å². The quantitative estimate of drug-likeness (QED) is 0.858. The van der Waals surface area contributed by atoms with Crippen molar-refractivity contribution in [3.05, 3.63) is 33.8 Å². The molecule has 0 aliphatic heterocycles. The molecule has 0 bridgehead atoms. The van der Waals surface area contributed by atoms with Crippen molar-refractivity contribution >= 4 is 23.2 Å². The van der Waals surface area contributed by atoms with E-state index in [-0.39, 0.29) is 11.6 Å². The molecule has 1 N–H and O–H groups in total. The molecule has 0 amide bonds. The Bertz CT molecular complexity index is 400. The van der Waals surface area contributed by atoms with Gasteiger partial charge in [-0.15, -0.1) is 0 Å². The molecular weight excluding hydrogens is 279 g/mol. The van der Waals surface area contributed by atoms with Crippen molar-refractivity contribution in [2.75, 3.05) is 21.1 Å². The molecule has 0 saturated heterocycles. The first-order valence-corrected chi connectivity index (χ1v) is 7.40. The number of benzene rings is 1. The van der Waals surface area contributed by atoms with E-state index in [0.717, 1.165) is 28.5 Å². The largest absolute Gasteiger partial charge is 0.315 e. The van der Waals surface area contributed by atoms with Gasteiger partial charge in [0.15, 0.2) is 0 Å². The molecule has 4 heteroatoms. The second-order valence-corrected chi connectivity index (χ2v) is 6.17. The van der Waals surface area contributed by atoms with Crippen molar-refractivity contribution < 1.29 is 0 Å². The van der Waals surface area contributed by atoms with Crippen LogP contribution in [0.15, 0.2) is 18.2 Å². The summed E-state index contributed by atoms with van der Waals surface area (Å²) in [6.07, 6.45) is 1.87. The molecule has 0 heterocycles. The van der Waals surface area contributed by atoms with Gasteiger partial charge in [0.05, 0.1) is 0 Å². The fraction of sp³-hybridized carbons (Fsp3) is 0.600. The summed E-state index contributed by atoms with van der Waals surface area (Å²) in [6.45, 7) is 4.47. The third-order valence-electron chi connectivity index (χ3n) is 4.31. The molecule has 0 saturated carbocycles. The lowest BCUT2D eigenvalue weighted by atomic mass is 9.84. The third kappa shape index (κ3) is 3.63. The van der Waals surface area contributed by atoms with Crippen molar-refractivity contribution in [3.63, 3.8) is 0 Å². The van der Waals surface area contributed by atoms with Gasteiger partial charge in [0.2, 0.25) is 0 Å². The normalized spacial score (nSPS) is 16.4. The first kappa shape index (κ1) is 16.8. The molecule has 2 nitrogen and oxygen atoms in total. The van der Waals surface area contributed by atoms with Gasteiger partial charge in [-0.25, -0.2) is 0 Å². The van der Waals surface area contributed by atoms with Gasteiger partial charge in [-0.05, 0) is 58.6 Å². The molecule has 1 rings (SSSR count). The fourth-order valence-corrected chi connectivity index (χ4v) is 2.99. The van der Waals surface area contributed by atoms with Crippen LogP contribution in [-0.2, 0) is 6.42 Å². The van der Waals surface area contributed by atoms with E-state index in [0.29, 0.717) is 0 Å². The molecule has 19 heavy (non-hydrogen) atoms. The Morgan fingerprint density at radius 3 is 2.16 bits per heavy atom. The Labute approximate surface area is 127 Å². The lowest BCUT2D eigenvalue weighted by molar-refractivity contribution is 0.116. The summed E-state index contributed by atoms with van der Waals surface area (Å²) in [6, 6.07) is 5.96. The number of rotatable bonds is 6. The van der Waals surface area contributed by atoms with Gasteiger partial charge in [-0.2, -0.15) is 0 Å². The SMILES string of the molecule is CCC(C)(C(Cc1c(Cl)cccc1Cl)NC)N(C)C. The molecule has 2 unspecified atom stereocenters. The summed E-state index contributed by atoms with van der Waals surface area (Å²) in [7, 11) is 6.22. The lowest BCUT2D eigenvalue weighted by Gasteiger charge is -2.43. The topological polar surface area (TPSA) is 15.3 Å². The van der Waals surface area contributed by atoms with Crippen LogP contribution >= 0.6 is 23.2 Å². The van der Waals surface area contributed by atoms with Crippen LogP contribution in [-0.4, -0.2) is 37.6 Å². The van der Waals surface area contributed by atoms with Crippen LogP contribution in [0.3, 0.4) is 0 Å². The fourth-order valence-electron chi connectivity index (χ4n) is 2.44. The summed E-state index contributed by atoms with van der Waals surface area (Å²) >= 11 is 12.6. The lowest BCUT2D eigenvalue weighted by Crippen LogP contribution is -2.57. The van der Waals surface area contributed by atoms with Crippen LogP contribution in [0.5, 0.6) is 0 Å². The van der Waals surface area contributed by atoms with Crippen LogP contribution in [0.25, 0.3) is 0 Å². The van der Waals surface area contributed by atoms with E-state index in [1.165, 1.54) is 0 Å². The number of nitrogens with zero attached hydrogens (tertiary/aromatic N) is 1. The predicted octanol–water partition coefficient (Wildman–Crippen LogP) is 3.85. The molecule has 0 aromatic heterocycles. The Balaban J connectivity index is 3.06. The van der Waals surface area contributed by atoms with Crippen molar-refractivity contribution in [2.45, 2.75) is 38.3 Å².